The predicted octanol–water partition coefficient (Wildman–Crippen LogP) is 2.76. The van der Waals surface area contributed by atoms with Gasteiger partial charge < -0.3 is 15.0 Å². The number of hydrogen-bond donors (Lipinski definition) is 1. The summed E-state index contributed by atoms with van der Waals surface area (Å²) in [7, 11) is 0. The molecule has 0 aromatic heterocycles. The first-order valence-corrected chi connectivity index (χ1v) is 9.21. The molecular formula is C16H22Cl2N2O2S. The first-order chi connectivity index (χ1) is 10.7. The number of nitrogens with one attached hydrogen (secondary N) is 1. The molecule has 1 N–H and O–H groups in total. The lowest BCUT2D eigenvalue weighted by Gasteiger charge is -2.34. The molecule has 2 aliphatic rings. The van der Waals surface area contributed by atoms with Gasteiger partial charge in [0.2, 0.25) is 5.91 Å². The number of rotatable bonds is 3. The second-order valence-corrected chi connectivity index (χ2v) is 7.27. The standard InChI is InChI=1S/C16H21ClN2O2S.ClH/c17-13-3-1-12(2-4-13)15-10-19(6-7-21-15)16(20)9-14-11-22-8-5-18-14;/h1-4,14-15,18H,5-11H2;1H. The number of hydrogen-bond acceptors (Lipinski definition) is 4. The number of amides is 1. The van der Waals surface area contributed by atoms with Crippen LogP contribution in [0.1, 0.15) is 18.1 Å². The van der Waals surface area contributed by atoms with Gasteiger partial charge in [-0.25, -0.2) is 0 Å². The zero-order chi connectivity index (χ0) is 15.4. The molecule has 2 fully saturated rings. The summed E-state index contributed by atoms with van der Waals surface area (Å²) in [6.45, 7) is 2.90. The maximum absolute atomic E-state index is 12.5. The molecule has 1 aromatic rings. The summed E-state index contributed by atoms with van der Waals surface area (Å²) in [5, 5.41) is 4.14. The third kappa shape index (κ3) is 5.26. The number of thioether (sulfide) groups is 1. The Balaban J connectivity index is 0.00000192. The summed E-state index contributed by atoms with van der Waals surface area (Å²) in [5.41, 5.74) is 1.08. The van der Waals surface area contributed by atoms with E-state index >= 15 is 0 Å². The van der Waals surface area contributed by atoms with Crippen molar-refractivity contribution in [2.75, 3.05) is 37.7 Å². The van der Waals surface area contributed by atoms with Crippen molar-refractivity contribution in [2.24, 2.45) is 0 Å². The molecule has 1 aromatic carbocycles. The van der Waals surface area contributed by atoms with E-state index in [-0.39, 0.29) is 24.4 Å². The summed E-state index contributed by atoms with van der Waals surface area (Å²) in [4.78, 5) is 14.4. The maximum Gasteiger partial charge on any atom is 0.224 e. The number of ether oxygens (including phenoxy) is 1. The molecule has 23 heavy (non-hydrogen) atoms. The largest absolute Gasteiger partial charge is 0.370 e. The van der Waals surface area contributed by atoms with Crippen LogP contribution >= 0.6 is 35.8 Å². The summed E-state index contributed by atoms with van der Waals surface area (Å²) in [5.74, 6) is 2.39. The van der Waals surface area contributed by atoms with Crippen molar-refractivity contribution < 1.29 is 9.53 Å². The second-order valence-electron chi connectivity index (χ2n) is 5.68. The third-order valence-electron chi connectivity index (χ3n) is 4.08. The Morgan fingerprint density at radius 3 is 2.87 bits per heavy atom. The molecule has 2 aliphatic heterocycles. The van der Waals surface area contributed by atoms with E-state index in [9.17, 15) is 4.79 Å². The smallest absolute Gasteiger partial charge is 0.224 e. The summed E-state index contributed by atoms with van der Waals surface area (Å²) >= 11 is 7.84. The molecule has 2 atom stereocenters. The fourth-order valence-corrected chi connectivity index (χ4v) is 3.92. The Hall–Kier alpha value is -0.460. The van der Waals surface area contributed by atoms with Crippen molar-refractivity contribution in [1.29, 1.82) is 0 Å². The van der Waals surface area contributed by atoms with Crippen LogP contribution in [0.25, 0.3) is 0 Å². The van der Waals surface area contributed by atoms with Crippen molar-refractivity contribution in [2.45, 2.75) is 18.6 Å². The number of carbonyl (C=O) groups excluding carboxylic acids is 1. The van der Waals surface area contributed by atoms with Gasteiger partial charge in [-0.2, -0.15) is 11.8 Å². The highest BCUT2D eigenvalue weighted by molar-refractivity contribution is 7.99. The predicted molar refractivity (Wildman–Crippen MR) is 97.7 cm³/mol. The van der Waals surface area contributed by atoms with Gasteiger partial charge in [-0.3, -0.25) is 4.79 Å². The molecule has 7 heteroatoms. The molecule has 0 spiro atoms. The average Bonchev–Trinajstić information content (AvgIpc) is 2.56. The van der Waals surface area contributed by atoms with Gasteiger partial charge in [0.15, 0.2) is 0 Å². The summed E-state index contributed by atoms with van der Waals surface area (Å²) in [6, 6.07) is 7.98. The van der Waals surface area contributed by atoms with Crippen molar-refractivity contribution in [3.05, 3.63) is 34.9 Å². The van der Waals surface area contributed by atoms with Gasteiger partial charge in [0, 0.05) is 42.1 Å². The molecule has 2 saturated heterocycles. The Bertz CT molecular complexity index is 509. The highest BCUT2D eigenvalue weighted by Gasteiger charge is 2.27. The van der Waals surface area contributed by atoms with E-state index in [0.29, 0.717) is 37.2 Å². The zero-order valence-electron chi connectivity index (χ0n) is 12.9. The normalized spacial score (nSPS) is 24.8. The Labute approximate surface area is 152 Å². The fourth-order valence-electron chi connectivity index (χ4n) is 2.85. The van der Waals surface area contributed by atoms with Gasteiger partial charge in [0.1, 0.15) is 6.10 Å². The first-order valence-electron chi connectivity index (χ1n) is 7.68. The van der Waals surface area contributed by atoms with E-state index < -0.39 is 0 Å². The van der Waals surface area contributed by atoms with Gasteiger partial charge in [-0.1, -0.05) is 23.7 Å². The monoisotopic (exact) mass is 376 g/mol. The minimum Gasteiger partial charge on any atom is -0.370 e. The lowest BCUT2D eigenvalue weighted by atomic mass is 10.1. The zero-order valence-corrected chi connectivity index (χ0v) is 15.3. The molecule has 4 nitrogen and oxygen atoms in total. The average molecular weight is 377 g/mol. The van der Waals surface area contributed by atoms with Crippen molar-refractivity contribution >= 4 is 41.7 Å². The molecular weight excluding hydrogens is 355 g/mol. The number of nitrogens with zero attached hydrogens (tertiary/aromatic N) is 1. The van der Waals surface area contributed by atoms with Gasteiger partial charge in [-0.15, -0.1) is 12.4 Å². The van der Waals surface area contributed by atoms with Gasteiger partial charge >= 0.3 is 0 Å². The fraction of sp³-hybridized carbons (Fsp3) is 0.562. The van der Waals surface area contributed by atoms with E-state index in [1.807, 2.05) is 40.9 Å². The number of carbonyl (C=O) groups is 1. The molecule has 2 heterocycles. The number of halogens is 2. The summed E-state index contributed by atoms with van der Waals surface area (Å²) < 4.78 is 5.82. The Kier molecular flexibility index (Phi) is 7.50. The van der Waals surface area contributed by atoms with Crippen LogP contribution in [0.15, 0.2) is 24.3 Å². The molecule has 0 saturated carbocycles. The lowest BCUT2D eigenvalue weighted by molar-refractivity contribution is -0.139. The molecule has 0 radical (unpaired) electrons. The molecule has 2 unspecified atom stereocenters. The van der Waals surface area contributed by atoms with Gasteiger partial charge in [0.25, 0.3) is 0 Å². The van der Waals surface area contributed by atoms with Crippen LogP contribution in [0.3, 0.4) is 0 Å². The molecule has 128 valence electrons. The molecule has 3 rings (SSSR count). The van der Waals surface area contributed by atoms with Gasteiger partial charge in [-0.05, 0) is 17.7 Å². The third-order valence-corrected chi connectivity index (χ3v) is 5.46. The number of morpholine rings is 1. The summed E-state index contributed by atoms with van der Waals surface area (Å²) in [6.07, 6.45) is 0.531. The van der Waals surface area contributed by atoms with Crippen LogP contribution in [0.2, 0.25) is 5.02 Å². The minimum absolute atomic E-state index is 0. The lowest BCUT2D eigenvalue weighted by Crippen LogP contribution is -2.46. The van der Waals surface area contributed by atoms with Crippen LogP contribution in [0, 0.1) is 0 Å². The topological polar surface area (TPSA) is 41.6 Å². The van der Waals surface area contributed by atoms with E-state index in [1.165, 1.54) is 0 Å². The van der Waals surface area contributed by atoms with E-state index in [1.54, 1.807) is 0 Å². The van der Waals surface area contributed by atoms with Crippen LogP contribution in [-0.4, -0.2) is 54.6 Å². The van der Waals surface area contributed by atoms with Crippen LogP contribution < -0.4 is 5.32 Å². The van der Waals surface area contributed by atoms with Crippen molar-refractivity contribution in [3.8, 4) is 0 Å². The van der Waals surface area contributed by atoms with E-state index in [4.69, 9.17) is 16.3 Å². The van der Waals surface area contributed by atoms with E-state index in [0.717, 1.165) is 23.6 Å². The second kappa shape index (κ2) is 9.14. The quantitative estimate of drug-likeness (QED) is 0.880. The molecule has 0 aliphatic carbocycles. The van der Waals surface area contributed by atoms with Crippen LogP contribution in [0.5, 0.6) is 0 Å². The van der Waals surface area contributed by atoms with Gasteiger partial charge in [0.05, 0.1) is 13.2 Å². The molecule has 0 bridgehead atoms. The SMILES string of the molecule is Cl.O=C(CC1CSCCN1)N1CCOC(c2ccc(Cl)cc2)C1. The highest BCUT2D eigenvalue weighted by Crippen LogP contribution is 2.24. The minimum atomic E-state index is -0.0522. The highest BCUT2D eigenvalue weighted by atomic mass is 35.5. The van der Waals surface area contributed by atoms with Crippen molar-refractivity contribution in [1.82, 2.24) is 10.2 Å². The Morgan fingerprint density at radius 2 is 2.17 bits per heavy atom. The molecule has 1 amide bonds. The van der Waals surface area contributed by atoms with E-state index in [2.05, 4.69) is 5.32 Å². The van der Waals surface area contributed by atoms with Crippen molar-refractivity contribution in [3.63, 3.8) is 0 Å². The number of benzene rings is 1. The van der Waals surface area contributed by atoms with Crippen LogP contribution in [0.4, 0.5) is 0 Å². The van der Waals surface area contributed by atoms with Crippen LogP contribution in [-0.2, 0) is 9.53 Å². The Morgan fingerprint density at radius 1 is 1.39 bits per heavy atom. The maximum atomic E-state index is 12.5. The first kappa shape index (κ1) is 18.9.